The van der Waals surface area contributed by atoms with Crippen LogP contribution in [0.25, 0.3) is 0 Å². The molecule has 94 valence electrons. The van der Waals surface area contributed by atoms with Gasteiger partial charge in [-0.3, -0.25) is 9.59 Å². The number of nitrogens with zero attached hydrogens (tertiary/aromatic N) is 2. The molecule has 1 heterocycles. The van der Waals surface area contributed by atoms with Gasteiger partial charge in [0.15, 0.2) is 0 Å². The number of nitriles is 1. The molecule has 0 aromatic carbocycles. The van der Waals surface area contributed by atoms with Crippen molar-refractivity contribution >= 4 is 11.8 Å². The SMILES string of the molecule is CCC(C)(C#N)C(=O)N1CCCC(C(N)=O)C1. The summed E-state index contributed by atoms with van der Waals surface area (Å²) < 4.78 is 0. The summed E-state index contributed by atoms with van der Waals surface area (Å²) in [5.74, 6) is -0.821. The second-order valence-corrected chi connectivity index (χ2v) is 4.79. The molecule has 2 unspecified atom stereocenters. The van der Waals surface area contributed by atoms with E-state index in [9.17, 15) is 9.59 Å². The van der Waals surface area contributed by atoms with E-state index in [1.807, 2.05) is 6.92 Å². The Hall–Kier alpha value is -1.57. The molecule has 1 saturated heterocycles. The van der Waals surface area contributed by atoms with Crippen LogP contribution in [0.4, 0.5) is 0 Å². The van der Waals surface area contributed by atoms with Crippen LogP contribution in [0.5, 0.6) is 0 Å². The van der Waals surface area contributed by atoms with Crippen LogP contribution in [0, 0.1) is 22.7 Å². The molecular formula is C12H19N3O2. The molecule has 0 saturated carbocycles. The second kappa shape index (κ2) is 5.17. The monoisotopic (exact) mass is 237 g/mol. The molecule has 1 rings (SSSR count). The van der Waals surface area contributed by atoms with Crippen molar-refractivity contribution in [3.05, 3.63) is 0 Å². The lowest BCUT2D eigenvalue weighted by Crippen LogP contribution is -2.48. The van der Waals surface area contributed by atoms with Gasteiger partial charge in [0.05, 0.1) is 12.0 Å². The highest BCUT2D eigenvalue weighted by Crippen LogP contribution is 2.26. The van der Waals surface area contributed by atoms with Crippen LogP contribution in [0.2, 0.25) is 0 Å². The van der Waals surface area contributed by atoms with Crippen molar-refractivity contribution in [3.8, 4) is 6.07 Å². The van der Waals surface area contributed by atoms with Crippen LogP contribution < -0.4 is 5.73 Å². The van der Waals surface area contributed by atoms with Gasteiger partial charge < -0.3 is 10.6 Å². The van der Waals surface area contributed by atoms with E-state index in [4.69, 9.17) is 11.0 Å². The summed E-state index contributed by atoms with van der Waals surface area (Å²) in [6.07, 6.45) is 1.97. The predicted octanol–water partition coefficient (Wildman–Crippen LogP) is 0.650. The Labute approximate surface area is 102 Å². The lowest BCUT2D eigenvalue weighted by Gasteiger charge is -2.35. The van der Waals surface area contributed by atoms with Gasteiger partial charge in [0.2, 0.25) is 11.8 Å². The Bertz CT molecular complexity index is 361. The van der Waals surface area contributed by atoms with Crippen molar-refractivity contribution in [1.82, 2.24) is 4.90 Å². The second-order valence-electron chi connectivity index (χ2n) is 4.79. The molecule has 17 heavy (non-hydrogen) atoms. The number of hydrogen-bond acceptors (Lipinski definition) is 3. The van der Waals surface area contributed by atoms with E-state index in [0.29, 0.717) is 19.5 Å². The first-order valence-corrected chi connectivity index (χ1v) is 5.94. The summed E-state index contributed by atoms with van der Waals surface area (Å²) in [5, 5.41) is 9.07. The minimum atomic E-state index is -0.987. The van der Waals surface area contributed by atoms with Crippen molar-refractivity contribution < 1.29 is 9.59 Å². The van der Waals surface area contributed by atoms with Crippen LogP contribution in [0.1, 0.15) is 33.1 Å². The van der Waals surface area contributed by atoms with E-state index in [1.165, 1.54) is 0 Å². The highest BCUT2D eigenvalue weighted by molar-refractivity contribution is 5.86. The number of likely N-dealkylation sites (tertiary alicyclic amines) is 1. The maximum atomic E-state index is 12.2. The first-order chi connectivity index (χ1) is 7.94. The van der Waals surface area contributed by atoms with Crippen molar-refractivity contribution in [1.29, 1.82) is 5.26 Å². The Morgan fingerprint density at radius 2 is 2.24 bits per heavy atom. The lowest BCUT2D eigenvalue weighted by molar-refractivity contribution is -0.141. The van der Waals surface area contributed by atoms with Gasteiger partial charge >= 0.3 is 0 Å². The van der Waals surface area contributed by atoms with E-state index < -0.39 is 5.41 Å². The minimum absolute atomic E-state index is 0.187. The third kappa shape index (κ3) is 2.76. The van der Waals surface area contributed by atoms with Gasteiger partial charge in [-0.1, -0.05) is 6.92 Å². The number of carbonyl (C=O) groups excluding carboxylic acids is 2. The molecular weight excluding hydrogens is 218 g/mol. The van der Waals surface area contributed by atoms with Gasteiger partial charge in [0, 0.05) is 13.1 Å². The van der Waals surface area contributed by atoms with E-state index in [-0.39, 0.29) is 17.7 Å². The maximum Gasteiger partial charge on any atom is 0.242 e. The maximum absolute atomic E-state index is 12.2. The molecule has 1 aliphatic heterocycles. The van der Waals surface area contributed by atoms with E-state index in [1.54, 1.807) is 11.8 Å². The Kier molecular flexibility index (Phi) is 4.11. The molecule has 0 spiro atoms. The number of primary amides is 1. The Balaban J connectivity index is 2.77. The van der Waals surface area contributed by atoms with Crippen molar-refractivity contribution in [2.24, 2.45) is 17.1 Å². The van der Waals surface area contributed by atoms with Gasteiger partial charge in [-0.2, -0.15) is 5.26 Å². The van der Waals surface area contributed by atoms with Gasteiger partial charge in [0.25, 0.3) is 0 Å². The van der Waals surface area contributed by atoms with Crippen LogP contribution >= 0.6 is 0 Å². The van der Waals surface area contributed by atoms with Crippen LogP contribution in [0.15, 0.2) is 0 Å². The number of nitrogens with two attached hydrogens (primary N) is 1. The van der Waals surface area contributed by atoms with E-state index >= 15 is 0 Å². The lowest BCUT2D eigenvalue weighted by atomic mass is 9.86. The van der Waals surface area contributed by atoms with Crippen LogP contribution in [-0.4, -0.2) is 29.8 Å². The standard InChI is InChI=1S/C12H19N3O2/c1-3-12(2,8-13)11(17)15-6-4-5-9(7-15)10(14)16/h9H,3-7H2,1-2H3,(H2,14,16). The number of piperidine rings is 1. The summed E-state index contributed by atoms with van der Waals surface area (Å²) in [4.78, 5) is 24.9. The highest BCUT2D eigenvalue weighted by Gasteiger charge is 2.37. The van der Waals surface area contributed by atoms with E-state index in [0.717, 1.165) is 12.8 Å². The molecule has 0 aliphatic carbocycles. The predicted molar refractivity (Wildman–Crippen MR) is 62.5 cm³/mol. The summed E-state index contributed by atoms with van der Waals surface area (Å²) >= 11 is 0. The molecule has 2 N–H and O–H groups in total. The third-order valence-electron chi connectivity index (χ3n) is 3.54. The molecule has 1 aliphatic rings. The fourth-order valence-corrected chi connectivity index (χ4v) is 2.02. The molecule has 5 heteroatoms. The molecule has 0 aromatic rings. The summed E-state index contributed by atoms with van der Waals surface area (Å²) in [7, 11) is 0. The Morgan fingerprint density at radius 3 is 2.71 bits per heavy atom. The summed E-state index contributed by atoms with van der Waals surface area (Å²) in [6.45, 7) is 4.42. The molecule has 0 aromatic heterocycles. The third-order valence-corrected chi connectivity index (χ3v) is 3.54. The molecule has 0 radical (unpaired) electrons. The average molecular weight is 237 g/mol. The quantitative estimate of drug-likeness (QED) is 0.781. The smallest absolute Gasteiger partial charge is 0.242 e. The van der Waals surface area contributed by atoms with Gasteiger partial charge in [0.1, 0.15) is 5.41 Å². The van der Waals surface area contributed by atoms with Crippen molar-refractivity contribution in [2.45, 2.75) is 33.1 Å². The normalized spacial score (nSPS) is 23.6. The van der Waals surface area contributed by atoms with Crippen LogP contribution in [0.3, 0.4) is 0 Å². The fraction of sp³-hybridized carbons (Fsp3) is 0.750. The number of hydrogen-bond donors (Lipinski definition) is 1. The summed E-state index contributed by atoms with van der Waals surface area (Å²) in [6, 6.07) is 2.06. The zero-order chi connectivity index (χ0) is 13.1. The zero-order valence-corrected chi connectivity index (χ0v) is 10.4. The number of amides is 2. The van der Waals surface area contributed by atoms with Gasteiger partial charge in [-0.05, 0) is 26.2 Å². The number of carbonyl (C=O) groups is 2. The first-order valence-electron chi connectivity index (χ1n) is 5.94. The number of rotatable bonds is 3. The topological polar surface area (TPSA) is 87.2 Å². The fourth-order valence-electron chi connectivity index (χ4n) is 2.02. The van der Waals surface area contributed by atoms with Gasteiger partial charge in [-0.15, -0.1) is 0 Å². The molecule has 2 amide bonds. The molecule has 2 atom stereocenters. The highest BCUT2D eigenvalue weighted by atomic mass is 16.2. The Morgan fingerprint density at radius 1 is 1.59 bits per heavy atom. The van der Waals surface area contributed by atoms with E-state index in [2.05, 4.69) is 6.07 Å². The molecule has 5 nitrogen and oxygen atoms in total. The van der Waals surface area contributed by atoms with Crippen molar-refractivity contribution in [2.75, 3.05) is 13.1 Å². The first kappa shape index (κ1) is 13.5. The largest absolute Gasteiger partial charge is 0.369 e. The average Bonchev–Trinajstić information content (AvgIpc) is 2.37. The van der Waals surface area contributed by atoms with Crippen molar-refractivity contribution in [3.63, 3.8) is 0 Å². The minimum Gasteiger partial charge on any atom is -0.369 e. The van der Waals surface area contributed by atoms with Gasteiger partial charge in [-0.25, -0.2) is 0 Å². The molecule has 0 bridgehead atoms. The molecule has 1 fully saturated rings. The zero-order valence-electron chi connectivity index (χ0n) is 10.4. The van der Waals surface area contributed by atoms with Crippen LogP contribution in [-0.2, 0) is 9.59 Å². The summed E-state index contributed by atoms with van der Waals surface area (Å²) in [5.41, 5.74) is 4.28.